The number of rotatable bonds is 6. The van der Waals surface area contributed by atoms with Gasteiger partial charge in [0.1, 0.15) is 0 Å². The van der Waals surface area contributed by atoms with Crippen LogP contribution in [0.25, 0.3) is 11.0 Å². The first-order chi connectivity index (χ1) is 11.1. The second-order valence-electron chi connectivity index (χ2n) is 5.16. The van der Waals surface area contributed by atoms with Crippen LogP contribution in [0.3, 0.4) is 0 Å². The van der Waals surface area contributed by atoms with Crippen LogP contribution in [0.5, 0.6) is 0 Å². The van der Waals surface area contributed by atoms with Crippen LogP contribution in [0, 0.1) is 0 Å². The lowest BCUT2D eigenvalue weighted by Gasteiger charge is -2.09. The van der Waals surface area contributed by atoms with Crippen LogP contribution in [0.2, 0.25) is 5.02 Å². The van der Waals surface area contributed by atoms with E-state index in [0.717, 1.165) is 22.7 Å². The molecule has 0 radical (unpaired) electrons. The van der Waals surface area contributed by atoms with Crippen molar-refractivity contribution in [3.8, 4) is 0 Å². The maximum atomic E-state index is 10.9. The van der Waals surface area contributed by atoms with Gasteiger partial charge in [0, 0.05) is 17.2 Å². The fourth-order valence-corrected chi connectivity index (χ4v) is 3.49. The summed E-state index contributed by atoms with van der Waals surface area (Å²) in [4.78, 5) is 15.6. The SMILES string of the molecule is NC(=O)CCSc1nc2cc(Cl)ccc2n1Cc1ccccc1. The van der Waals surface area contributed by atoms with Crippen molar-refractivity contribution in [2.75, 3.05) is 5.75 Å². The van der Waals surface area contributed by atoms with E-state index in [1.165, 1.54) is 17.3 Å². The molecule has 4 nitrogen and oxygen atoms in total. The highest BCUT2D eigenvalue weighted by molar-refractivity contribution is 7.99. The zero-order valence-corrected chi connectivity index (χ0v) is 14.0. The van der Waals surface area contributed by atoms with Crippen LogP contribution >= 0.6 is 23.4 Å². The van der Waals surface area contributed by atoms with Crippen molar-refractivity contribution in [2.24, 2.45) is 5.73 Å². The number of benzene rings is 2. The van der Waals surface area contributed by atoms with Crippen LogP contribution in [0.4, 0.5) is 0 Å². The molecule has 6 heteroatoms. The second kappa shape index (κ2) is 7.06. The molecular weight excluding hydrogens is 330 g/mol. The molecule has 0 saturated carbocycles. The number of halogens is 1. The van der Waals surface area contributed by atoms with Gasteiger partial charge in [0.05, 0.1) is 17.6 Å². The summed E-state index contributed by atoms with van der Waals surface area (Å²) in [6.45, 7) is 0.720. The van der Waals surface area contributed by atoms with E-state index in [1.54, 1.807) is 0 Å². The number of nitrogens with zero attached hydrogens (tertiary/aromatic N) is 2. The Kier molecular flexibility index (Phi) is 4.88. The molecule has 0 bridgehead atoms. The minimum atomic E-state index is -0.300. The Morgan fingerprint density at radius 3 is 2.74 bits per heavy atom. The number of hydrogen-bond donors (Lipinski definition) is 1. The summed E-state index contributed by atoms with van der Waals surface area (Å²) in [7, 11) is 0. The Labute approximate surface area is 143 Å². The first kappa shape index (κ1) is 15.9. The molecule has 1 heterocycles. The molecular formula is C17H16ClN3OS. The Hall–Kier alpha value is -1.98. The Morgan fingerprint density at radius 2 is 2.00 bits per heavy atom. The minimum absolute atomic E-state index is 0.300. The smallest absolute Gasteiger partial charge is 0.218 e. The van der Waals surface area contributed by atoms with E-state index in [4.69, 9.17) is 17.3 Å². The second-order valence-corrected chi connectivity index (χ2v) is 6.66. The van der Waals surface area contributed by atoms with E-state index in [9.17, 15) is 4.79 Å². The summed E-state index contributed by atoms with van der Waals surface area (Å²) in [6, 6.07) is 15.9. The molecule has 1 amide bonds. The summed E-state index contributed by atoms with van der Waals surface area (Å²) in [5.41, 5.74) is 8.29. The predicted molar refractivity (Wildman–Crippen MR) is 94.8 cm³/mol. The maximum absolute atomic E-state index is 10.9. The Balaban J connectivity index is 1.96. The standard InChI is InChI=1S/C17H16ClN3OS/c18-13-6-7-15-14(10-13)20-17(23-9-8-16(19)22)21(15)11-12-4-2-1-3-5-12/h1-7,10H,8-9,11H2,(H2,19,22). The average Bonchev–Trinajstić information content (AvgIpc) is 2.85. The van der Waals surface area contributed by atoms with Crippen LogP contribution in [-0.4, -0.2) is 21.2 Å². The fourth-order valence-electron chi connectivity index (χ4n) is 2.35. The monoisotopic (exact) mass is 345 g/mol. The molecule has 2 N–H and O–H groups in total. The summed E-state index contributed by atoms with van der Waals surface area (Å²) in [5.74, 6) is 0.313. The Morgan fingerprint density at radius 1 is 1.22 bits per heavy atom. The normalized spacial score (nSPS) is 11.0. The summed E-state index contributed by atoms with van der Waals surface area (Å²) >= 11 is 7.60. The first-order valence-electron chi connectivity index (χ1n) is 7.24. The van der Waals surface area contributed by atoms with Gasteiger partial charge in [-0.1, -0.05) is 53.7 Å². The Bertz CT molecular complexity index is 832. The van der Waals surface area contributed by atoms with E-state index in [-0.39, 0.29) is 5.91 Å². The molecule has 0 unspecified atom stereocenters. The lowest BCUT2D eigenvalue weighted by atomic mass is 10.2. The number of carbonyl (C=O) groups is 1. The fraction of sp³-hybridized carbons (Fsp3) is 0.176. The van der Waals surface area contributed by atoms with E-state index in [1.807, 2.05) is 36.4 Å². The molecule has 0 aliphatic rings. The van der Waals surface area contributed by atoms with Gasteiger partial charge in [-0.05, 0) is 23.8 Å². The van der Waals surface area contributed by atoms with Crippen molar-refractivity contribution in [2.45, 2.75) is 18.1 Å². The zero-order chi connectivity index (χ0) is 16.2. The molecule has 3 aromatic rings. The molecule has 23 heavy (non-hydrogen) atoms. The molecule has 2 aromatic carbocycles. The molecule has 0 fully saturated rings. The van der Waals surface area contributed by atoms with Crippen molar-refractivity contribution in [3.63, 3.8) is 0 Å². The van der Waals surface area contributed by atoms with E-state index < -0.39 is 0 Å². The molecule has 0 spiro atoms. The largest absolute Gasteiger partial charge is 0.370 e. The van der Waals surface area contributed by atoms with Gasteiger partial charge in [-0.2, -0.15) is 0 Å². The number of hydrogen-bond acceptors (Lipinski definition) is 3. The molecule has 0 aliphatic carbocycles. The van der Waals surface area contributed by atoms with Crippen LogP contribution in [0.15, 0.2) is 53.7 Å². The van der Waals surface area contributed by atoms with Crippen LogP contribution < -0.4 is 5.73 Å². The number of thioether (sulfide) groups is 1. The maximum Gasteiger partial charge on any atom is 0.218 e. The number of primary amides is 1. The van der Waals surface area contributed by atoms with Gasteiger partial charge in [-0.15, -0.1) is 0 Å². The number of aromatic nitrogens is 2. The number of fused-ring (bicyclic) bond motifs is 1. The lowest BCUT2D eigenvalue weighted by Crippen LogP contribution is -2.11. The lowest BCUT2D eigenvalue weighted by molar-refractivity contribution is -0.117. The van der Waals surface area contributed by atoms with Crippen molar-refractivity contribution >= 4 is 40.3 Å². The van der Waals surface area contributed by atoms with Crippen molar-refractivity contribution < 1.29 is 4.79 Å². The van der Waals surface area contributed by atoms with Crippen molar-refractivity contribution in [1.29, 1.82) is 0 Å². The number of imidazole rings is 1. The van der Waals surface area contributed by atoms with Gasteiger partial charge in [0.2, 0.25) is 5.91 Å². The van der Waals surface area contributed by atoms with E-state index >= 15 is 0 Å². The topological polar surface area (TPSA) is 60.9 Å². The van der Waals surface area contributed by atoms with Crippen LogP contribution in [-0.2, 0) is 11.3 Å². The molecule has 1 aromatic heterocycles. The zero-order valence-electron chi connectivity index (χ0n) is 12.4. The predicted octanol–water partition coefficient (Wildman–Crippen LogP) is 3.71. The third-order valence-corrected chi connectivity index (χ3v) is 4.65. The highest BCUT2D eigenvalue weighted by Crippen LogP contribution is 2.27. The van der Waals surface area contributed by atoms with E-state index in [2.05, 4.69) is 21.7 Å². The summed E-state index contributed by atoms with van der Waals surface area (Å²) in [5, 5.41) is 1.53. The number of carbonyl (C=O) groups excluding carboxylic acids is 1. The van der Waals surface area contributed by atoms with Gasteiger partial charge >= 0.3 is 0 Å². The van der Waals surface area contributed by atoms with Gasteiger partial charge in [0.25, 0.3) is 0 Å². The minimum Gasteiger partial charge on any atom is -0.370 e. The van der Waals surface area contributed by atoms with Gasteiger partial charge in [0.15, 0.2) is 5.16 Å². The van der Waals surface area contributed by atoms with Gasteiger partial charge in [-0.25, -0.2) is 4.98 Å². The molecule has 0 aliphatic heterocycles. The highest BCUT2D eigenvalue weighted by Gasteiger charge is 2.12. The third kappa shape index (κ3) is 3.86. The molecule has 3 rings (SSSR count). The molecule has 118 valence electrons. The van der Waals surface area contributed by atoms with Crippen molar-refractivity contribution in [1.82, 2.24) is 9.55 Å². The van der Waals surface area contributed by atoms with Crippen molar-refractivity contribution in [3.05, 3.63) is 59.1 Å². The molecule has 0 saturated heterocycles. The number of nitrogens with two attached hydrogens (primary N) is 1. The highest BCUT2D eigenvalue weighted by atomic mass is 35.5. The molecule has 0 atom stereocenters. The third-order valence-electron chi connectivity index (χ3n) is 3.44. The number of amides is 1. The van der Waals surface area contributed by atoms with Crippen LogP contribution in [0.1, 0.15) is 12.0 Å². The first-order valence-corrected chi connectivity index (χ1v) is 8.60. The van der Waals surface area contributed by atoms with Gasteiger partial charge in [-0.3, -0.25) is 4.79 Å². The van der Waals surface area contributed by atoms with Gasteiger partial charge < -0.3 is 10.3 Å². The van der Waals surface area contributed by atoms with E-state index in [0.29, 0.717) is 17.2 Å². The quantitative estimate of drug-likeness (QED) is 0.693. The average molecular weight is 346 g/mol. The summed E-state index contributed by atoms with van der Waals surface area (Å²) in [6.07, 6.45) is 0.333. The summed E-state index contributed by atoms with van der Waals surface area (Å²) < 4.78 is 2.15.